The summed E-state index contributed by atoms with van der Waals surface area (Å²) < 4.78 is 7.81. The molecule has 3 aromatic rings. The van der Waals surface area contributed by atoms with Crippen molar-refractivity contribution in [2.24, 2.45) is 0 Å². The van der Waals surface area contributed by atoms with Crippen molar-refractivity contribution in [2.45, 2.75) is 31.7 Å². The highest BCUT2D eigenvalue weighted by molar-refractivity contribution is 7.99. The molecule has 0 saturated heterocycles. The molecule has 0 saturated carbocycles. The predicted molar refractivity (Wildman–Crippen MR) is 127 cm³/mol. The number of anilines is 1. The summed E-state index contributed by atoms with van der Waals surface area (Å²) in [4.78, 5) is 23.9. The third-order valence-corrected chi connectivity index (χ3v) is 5.73. The first kappa shape index (κ1) is 23.6. The molecule has 0 bridgehead atoms. The summed E-state index contributed by atoms with van der Waals surface area (Å²) in [6.45, 7) is 7.60. The Bertz CT molecular complexity index is 1130. The highest BCUT2D eigenvalue weighted by atomic mass is 35.5. The summed E-state index contributed by atoms with van der Waals surface area (Å²) in [6.07, 6.45) is 1.31. The number of ketones is 1. The van der Waals surface area contributed by atoms with Gasteiger partial charge in [0, 0.05) is 17.8 Å². The van der Waals surface area contributed by atoms with Crippen LogP contribution in [0.15, 0.2) is 66.3 Å². The molecule has 1 aromatic heterocycles. The molecule has 1 amide bonds. The average molecular weight is 471 g/mol. The zero-order valence-corrected chi connectivity index (χ0v) is 19.3. The van der Waals surface area contributed by atoms with Gasteiger partial charge in [0.15, 0.2) is 22.9 Å². The van der Waals surface area contributed by atoms with Crippen LogP contribution in [0.2, 0.25) is 5.02 Å². The number of nitrogens with one attached hydrogen (secondary N) is 1. The van der Waals surface area contributed by atoms with Gasteiger partial charge >= 0.3 is 0 Å². The van der Waals surface area contributed by atoms with Gasteiger partial charge in [0.1, 0.15) is 5.75 Å². The fourth-order valence-corrected chi connectivity index (χ4v) is 3.87. The fraction of sp³-hybridized carbons (Fsp3) is 0.217. The van der Waals surface area contributed by atoms with E-state index in [2.05, 4.69) is 22.1 Å². The second-order valence-electron chi connectivity index (χ2n) is 6.90. The van der Waals surface area contributed by atoms with Gasteiger partial charge in [-0.25, -0.2) is 0 Å². The van der Waals surface area contributed by atoms with Crippen molar-refractivity contribution in [1.82, 2.24) is 14.8 Å². The van der Waals surface area contributed by atoms with E-state index in [0.717, 1.165) is 0 Å². The van der Waals surface area contributed by atoms with Crippen LogP contribution < -0.4 is 10.1 Å². The van der Waals surface area contributed by atoms with E-state index >= 15 is 0 Å². The van der Waals surface area contributed by atoms with Gasteiger partial charge in [-0.05, 0) is 38.1 Å². The maximum Gasteiger partial charge on any atom is 0.234 e. The molecule has 7 nitrogen and oxygen atoms in total. The SMILES string of the molecule is C=CCn1c(SCC(=O)Nc2cccc(C(C)=O)c2)nnc1C(C)Oc1ccccc1Cl. The van der Waals surface area contributed by atoms with Crippen LogP contribution in [0.5, 0.6) is 5.75 Å². The van der Waals surface area contributed by atoms with Gasteiger partial charge < -0.3 is 10.1 Å². The quantitative estimate of drug-likeness (QED) is 0.249. The summed E-state index contributed by atoms with van der Waals surface area (Å²) in [5.41, 5.74) is 1.11. The molecule has 166 valence electrons. The number of benzene rings is 2. The Morgan fingerprint density at radius 3 is 2.75 bits per heavy atom. The zero-order valence-electron chi connectivity index (χ0n) is 17.7. The second-order valence-corrected chi connectivity index (χ2v) is 8.25. The molecular weight excluding hydrogens is 448 g/mol. The molecule has 3 rings (SSSR count). The lowest BCUT2D eigenvalue weighted by Crippen LogP contribution is -2.16. The van der Waals surface area contributed by atoms with Crippen LogP contribution in [0.25, 0.3) is 0 Å². The van der Waals surface area contributed by atoms with Crippen LogP contribution in [0.4, 0.5) is 5.69 Å². The summed E-state index contributed by atoms with van der Waals surface area (Å²) >= 11 is 7.44. The van der Waals surface area contributed by atoms with E-state index in [-0.39, 0.29) is 17.4 Å². The maximum atomic E-state index is 12.4. The molecule has 0 aliphatic heterocycles. The number of carbonyl (C=O) groups excluding carboxylic acids is 2. The number of para-hydroxylation sites is 1. The Morgan fingerprint density at radius 2 is 2.03 bits per heavy atom. The second kappa shape index (κ2) is 11.0. The largest absolute Gasteiger partial charge is 0.481 e. The van der Waals surface area contributed by atoms with Crippen molar-refractivity contribution in [1.29, 1.82) is 0 Å². The molecule has 32 heavy (non-hydrogen) atoms. The monoisotopic (exact) mass is 470 g/mol. The zero-order chi connectivity index (χ0) is 23.1. The van der Waals surface area contributed by atoms with Gasteiger partial charge in [-0.15, -0.1) is 16.8 Å². The lowest BCUT2D eigenvalue weighted by molar-refractivity contribution is -0.113. The van der Waals surface area contributed by atoms with Gasteiger partial charge in [-0.1, -0.05) is 53.7 Å². The summed E-state index contributed by atoms with van der Waals surface area (Å²) in [5.74, 6) is 0.997. The van der Waals surface area contributed by atoms with Crippen LogP contribution in [0, 0.1) is 0 Å². The Morgan fingerprint density at radius 1 is 1.25 bits per heavy atom. The topological polar surface area (TPSA) is 86.1 Å². The maximum absolute atomic E-state index is 12.4. The van der Waals surface area contributed by atoms with E-state index < -0.39 is 6.10 Å². The minimum absolute atomic E-state index is 0.0614. The Kier molecular flexibility index (Phi) is 8.08. The van der Waals surface area contributed by atoms with E-state index in [1.165, 1.54) is 18.7 Å². The number of amides is 1. The number of hydrogen-bond acceptors (Lipinski definition) is 6. The summed E-state index contributed by atoms with van der Waals surface area (Å²) in [7, 11) is 0. The smallest absolute Gasteiger partial charge is 0.234 e. The summed E-state index contributed by atoms with van der Waals surface area (Å²) in [6, 6.07) is 14.0. The van der Waals surface area contributed by atoms with Crippen molar-refractivity contribution < 1.29 is 14.3 Å². The fourth-order valence-electron chi connectivity index (χ4n) is 2.93. The minimum Gasteiger partial charge on any atom is -0.481 e. The third kappa shape index (κ3) is 5.99. The Hall–Kier alpha value is -3.10. The Labute approximate surface area is 195 Å². The van der Waals surface area contributed by atoms with Gasteiger partial charge in [-0.3, -0.25) is 14.2 Å². The molecule has 1 unspecified atom stereocenters. The first-order valence-corrected chi connectivity index (χ1v) is 11.2. The van der Waals surface area contributed by atoms with E-state index in [1.807, 2.05) is 23.6 Å². The van der Waals surface area contributed by atoms with E-state index in [9.17, 15) is 9.59 Å². The molecular formula is C23H23ClN4O3S. The lowest BCUT2D eigenvalue weighted by atomic mass is 10.1. The average Bonchev–Trinajstić information content (AvgIpc) is 3.17. The van der Waals surface area contributed by atoms with Crippen LogP contribution >= 0.6 is 23.4 Å². The number of halogens is 1. The van der Waals surface area contributed by atoms with E-state index in [0.29, 0.717) is 39.5 Å². The van der Waals surface area contributed by atoms with Crippen LogP contribution in [0.1, 0.15) is 36.1 Å². The molecule has 1 atom stereocenters. The number of carbonyl (C=O) groups is 2. The van der Waals surface area contributed by atoms with E-state index in [1.54, 1.807) is 42.5 Å². The third-order valence-electron chi connectivity index (χ3n) is 4.45. The highest BCUT2D eigenvalue weighted by Crippen LogP contribution is 2.29. The van der Waals surface area contributed by atoms with Crippen molar-refractivity contribution >= 4 is 40.7 Å². The number of allylic oxidation sites excluding steroid dienone is 1. The molecule has 0 aliphatic carbocycles. The molecule has 0 spiro atoms. The van der Waals surface area contributed by atoms with Gasteiger partial charge in [0.25, 0.3) is 0 Å². The van der Waals surface area contributed by atoms with E-state index in [4.69, 9.17) is 16.3 Å². The first-order valence-electron chi connectivity index (χ1n) is 9.88. The molecule has 0 radical (unpaired) electrons. The van der Waals surface area contributed by atoms with Crippen molar-refractivity contribution in [3.05, 3.63) is 77.6 Å². The molecule has 0 fully saturated rings. The standard InChI is InChI=1S/C23H23ClN4O3S/c1-4-12-28-22(16(3)31-20-11-6-5-10-19(20)24)26-27-23(28)32-14-21(30)25-18-9-7-8-17(13-18)15(2)29/h4-11,13,16H,1,12,14H2,2-3H3,(H,25,30). The highest BCUT2D eigenvalue weighted by Gasteiger charge is 2.20. The summed E-state index contributed by atoms with van der Waals surface area (Å²) in [5, 5.41) is 12.4. The van der Waals surface area contributed by atoms with Crippen molar-refractivity contribution in [3.63, 3.8) is 0 Å². The number of Topliss-reactive ketones (excluding diaryl/α,β-unsaturated/α-hetero) is 1. The molecule has 1 N–H and O–H groups in total. The van der Waals surface area contributed by atoms with Gasteiger partial charge in [0.05, 0.1) is 10.8 Å². The van der Waals surface area contributed by atoms with Gasteiger partial charge in [0.2, 0.25) is 5.91 Å². The predicted octanol–water partition coefficient (Wildman–Crippen LogP) is 5.19. The number of nitrogens with zero attached hydrogens (tertiary/aromatic N) is 3. The number of thioether (sulfide) groups is 1. The normalized spacial score (nSPS) is 11.6. The lowest BCUT2D eigenvalue weighted by Gasteiger charge is -2.16. The molecule has 0 aliphatic rings. The van der Waals surface area contributed by atoms with Crippen LogP contribution in [-0.4, -0.2) is 32.2 Å². The number of ether oxygens (including phenoxy) is 1. The molecule has 2 aromatic carbocycles. The minimum atomic E-state index is -0.417. The molecule has 1 heterocycles. The molecule has 9 heteroatoms. The van der Waals surface area contributed by atoms with Gasteiger partial charge in [-0.2, -0.15) is 0 Å². The number of rotatable bonds is 10. The van der Waals surface area contributed by atoms with Crippen LogP contribution in [-0.2, 0) is 11.3 Å². The Balaban J connectivity index is 1.68. The van der Waals surface area contributed by atoms with Crippen molar-refractivity contribution in [3.8, 4) is 5.75 Å². The first-order chi connectivity index (χ1) is 15.4. The van der Waals surface area contributed by atoms with Crippen molar-refractivity contribution in [2.75, 3.05) is 11.1 Å². The number of hydrogen-bond donors (Lipinski definition) is 1. The van der Waals surface area contributed by atoms with Crippen LogP contribution in [0.3, 0.4) is 0 Å². The number of aromatic nitrogens is 3.